The summed E-state index contributed by atoms with van der Waals surface area (Å²) >= 11 is 0. The average Bonchev–Trinajstić information content (AvgIpc) is 3.17. The van der Waals surface area contributed by atoms with E-state index in [1.165, 1.54) is 65.0 Å². The Morgan fingerprint density at radius 3 is 2.40 bits per heavy atom. The lowest BCUT2D eigenvalue weighted by molar-refractivity contribution is 0.0989. The van der Waals surface area contributed by atoms with Crippen molar-refractivity contribution in [3.63, 3.8) is 0 Å². The smallest absolute Gasteiger partial charge is 0.204 e. The Morgan fingerprint density at radius 1 is 1.08 bits per heavy atom. The predicted octanol–water partition coefficient (Wildman–Crippen LogP) is 2.78. The summed E-state index contributed by atoms with van der Waals surface area (Å²) in [5.74, 6) is 1.86. The number of hydrogen-bond acceptors (Lipinski definition) is 4. The lowest BCUT2D eigenvalue weighted by Crippen LogP contribution is -2.42. The van der Waals surface area contributed by atoms with Crippen molar-refractivity contribution in [2.24, 2.45) is 11.3 Å². The molecule has 3 rings (SSSR count). The van der Waals surface area contributed by atoms with Crippen molar-refractivity contribution >= 4 is 5.95 Å². The van der Waals surface area contributed by atoms with Crippen LogP contribution in [0.3, 0.4) is 0 Å². The number of piperidine rings is 1. The minimum Gasteiger partial charge on any atom is -0.348 e. The van der Waals surface area contributed by atoms with E-state index < -0.39 is 0 Å². The van der Waals surface area contributed by atoms with Crippen molar-refractivity contribution < 1.29 is 0 Å². The van der Waals surface area contributed by atoms with E-state index in [0.717, 1.165) is 18.4 Å². The summed E-state index contributed by atoms with van der Waals surface area (Å²) in [4.78, 5) is 11.9. The zero-order chi connectivity index (χ0) is 17.9. The molecular weight excluding hydrogens is 310 g/mol. The van der Waals surface area contributed by atoms with Crippen LogP contribution in [0.25, 0.3) is 0 Å². The van der Waals surface area contributed by atoms with Crippen LogP contribution in [0.2, 0.25) is 0 Å². The number of aromatic nitrogens is 2. The quantitative estimate of drug-likeness (QED) is 0.758. The van der Waals surface area contributed by atoms with E-state index >= 15 is 0 Å². The summed E-state index contributed by atoms with van der Waals surface area (Å²) in [7, 11) is 4.13. The Balaban J connectivity index is 1.41. The summed E-state index contributed by atoms with van der Waals surface area (Å²) in [6.45, 7) is 13.5. The fourth-order valence-electron chi connectivity index (χ4n) is 4.69. The molecule has 0 aliphatic carbocycles. The Labute approximate surface area is 154 Å². The SMILES string of the molecule is CC(C)CN1CCC2(CC1)CCN(CCCn1ccnc1N(C)C)C2. The van der Waals surface area contributed by atoms with Crippen molar-refractivity contribution in [2.75, 3.05) is 58.3 Å². The maximum atomic E-state index is 4.43. The first-order chi connectivity index (χ1) is 12.0. The summed E-state index contributed by atoms with van der Waals surface area (Å²) in [5.41, 5.74) is 0.622. The molecule has 2 aliphatic rings. The molecule has 0 bridgehead atoms. The van der Waals surface area contributed by atoms with Crippen LogP contribution in [0.15, 0.2) is 12.4 Å². The van der Waals surface area contributed by atoms with Crippen LogP contribution in [0.5, 0.6) is 0 Å². The molecule has 0 atom stereocenters. The molecule has 2 aliphatic heterocycles. The second-order valence-electron chi connectivity index (χ2n) is 8.89. The van der Waals surface area contributed by atoms with Gasteiger partial charge in [0.2, 0.25) is 5.95 Å². The van der Waals surface area contributed by atoms with E-state index in [0.29, 0.717) is 5.41 Å². The number of likely N-dealkylation sites (tertiary alicyclic amines) is 2. The van der Waals surface area contributed by atoms with Crippen molar-refractivity contribution in [3.8, 4) is 0 Å². The molecule has 0 N–H and O–H groups in total. The number of nitrogens with zero attached hydrogens (tertiary/aromatic N) is 5. The van der Waals surface area contributed by atoms with Crippen LogP contribution in [0, 0.1) is 11.3 Å². The molecule has 1 aromatic rings. The van der Waals surface area contributed by atoms with E-state index in [9.17, 15) is 0 Å². The van der Waals surface area contributed by atoms with Crippen molar-refractivity contribution in [3.05, 3.63) is 12.4 Å². The summed E-state index contributed by atoms with van der Waals surface area (Å²) in [6.07, 6.45) is 9.45. The lowest BCUT2D eigenvalue weighted by atomic mass is 9.77. The summed E-state index contributed by atoms with van der Waals surface area (Å²) in [5, 5.41) is 0. The molecule has 2 fully saturated rings. The van der Waals surface area contributed by atoms with Crippen molar-refractivity contribution in [1.29, 1.82) is 0 Å². The van der Waals surface area contributed by atoms with E-state index in [1.54, 1.807) is 0 Å². The van der Waals surface area contributed by atoms with Gasteiger partial charge in [-0.15, -0.1) is 0 Å². The molecule has 0 unspecified atom stereocenters. The highest BCUT2D eigenvalue weighted by Gasteiger charge is 2.40. The molecule has 142 valence electrons. The lowest BCUT2D eigenvalue weighted by Gasteiger charge is -2.40. The van der Waals surface area contributed by atoms with Gasteiger partial charge in [-0.05, 0) is 63.2 Å². The first kappa shape index (κ1) is 18.7. The second kappa shape index (κ2) is 8.09. The van der Waals surface area contributed by atoms with Crippen LogP contribution in [0.1, 0.15) is 39.5 Å². The second-order valence-corrected chi connectivity index (χ2v) is 8.89. The third kappa shape index (κ3) is 4.76. The van der Waals surface area contributed by atoms with Crippen LogP contribution in [-0.4, -0.2) is 72.7 Å². The molecule has 2 saturated heterocycles. The zero-order valence-corrected chi connectivity index (χ0v) is 16.7. The van der Waals surface area contributed by atoms with Crippen LogP contribution >= 0.6 is 0 Å². The summed E-state index contributed by atoms with van der Waals surface area (Å²) < 4.78 is 2.27. The highest BCUT2D eigenvalue weighted by atomic mass is 15.3. The van der Waals surface area contributed by atoms with Crippen LogP contribution in [0.4, 0.5) is 5.95 Å². The van der Waals surface area contributed by atoms with E-state index in [-0.39, 0.29) is 0 Å². The molecule has 25 heavy (non-hydrogen) atoms. The molecule has 0 radical (unpaired) electrons. The van der Waals surface area contributed by atoms with Crippen molar-refractivity contribution in [2.45, 2.75) is 46.1 Å². The van der Waals surface area contributed by atoms with E-state index in [4.69, 9.17) is 0 Å². The molecular formula is C20H37N5. The van der Waals surface area contributed by atoms with Crippen LogP contribution < -0.4 is 4.90 Å². The predicted molar refractivity (Wildman–Crippen MR) is 105 cm³/mol. The third-order valence-electron chi connectivity index (χ3n) is 6.02. The molecule has 0 amide bonds. The van der Waals surface area contributed by atoms with Gasteiger partial charge >= 0.3 is 0 Å². The van der Waals surface area contributed by atoms with Gasteiger partial charge in [0.15, 0.2) is 0 Å². The number of aryl methyl sites for hydroxylation is 1. The Morgan fingerprint density at radius 2 is 1.76 bits per heavy atom. The Bertz CT molecular complexity index is 528. The monoisotopic (exact) mass is 347 g/mol. The summed E-state index contributed by atoms with van der Waals surface area (Å²) in [6, 6.07) is 0. The minimum absolute atomic E-state index is 0.622. The minimum atomic E-state index is 0.622. The maximum absolute atomic E-state index is 4.43. The van der Waals surface area contributed by atoms with Crippen molar-refractivity contribution in [1.82, 2.24) is 19.4 Å². The molecule has 5 heteroatoms. The van der Waals surface area contributed by atoms with Gasteiger partial charge in [0.05, 0.1) is 0 Å². The van der Waals surface area contributed by atoms with Gasteiger partial charge in [0.25, 0.3) is 0 Å². The normalized spacial score (nSPS) is 21.5. The molecule has 1 aromatic heterocycles. The average molecular weight is 348 g/mol. The number of rotatable bonds is 7. The molecule has 0 saturated carbocycles. The fourth-order valence-corrected chi connectivity index (χ4v) is 4.69. The molecule has 3 heterocycles. The number of hydrogen-bond donors (Lipinski definition) is 0. The van der Waals surface area contributed by atoms with Gasteiger partial charge in [0.1, 0.15) is 0 Å². The standard InChI is InChI=1S/C20H37N5/c1-18(2)16-23-12-6-20(7-13-23)8-14-24(17-20)10-5-11-25-15-9-21-19(25)22(3)4/h9,15,18H,5-8,10-14,16-17H2,1-4H3. The maximum Gasteiger partial charge on any atom is 0.204 e. The fraction of sp³-hybridized carbons (Fsp3) is 0.850. The van der Waals surface area contributed by atoms with Gasteiger partial charge in [-0.3, -0.25) is 0 Å². The molecule has 0 aromatic carbocycles. The highest BCUT2D eigenvalue weighted by Crippen LogP contribution is 2.40. The van der Waals surface area contributed by atoms with E-state index in [1.807, 2.05) is 6.20 Å². The number of anilines is 1. The Kier molecular flexibility index (Phi) is 6.05. The van der Waals surface area contributed by atoms with Crippen LogP contribution in [-0.2, 0) is 6.54 Å². The first-order valence-corrected chi connectivity index (χ1v) is 10.1. The molecule has 1 spiro atoms. The van der Waals surface area contributed by atoms with Gasteiger partial charge in [-0.25, -0.2) is 4.98 Å². The van der Waals surface area contributed by atoms with Gasteiger partial charge < -0.3 is 19.3 Å². The number of imidazole rings is 1. The zero-order valence-electron chi connectivity index (χ0n) is 16.7. The Hall–Kier alpha value is -1.07. The molecule has 5 nitrogen and oxygen atoms in total. The largest absolute Gasteiger partial charge is 0.348 e. The highest BCUT2D eigenvalue weighted by molar-refractivity contribution is 5.27. The van der Waals surface area contributed by atoms with Gasteiger partial charge in [-0.1, -0.05) is 13.8 Å². The first-order valence-electron chi connectivity index (χ1n) is 10.1. The van der Waals surface area contributed by atoms with Gasteiger partial charge in [0, 0.05) is 46.1 Å². The van der Waals surface area contributed by atoms with E-state index in [2.05, 4.69) is 58.4 Å². The van der Waals surface area contributed by atoms with Gasteiger partial charge in [-0.2, -0.15) is 0 Å². The topological polar surface area (TPSA) is 27.5 Å². The third-order valence-corrected chi connectivity index (χ3v) is 6.02.